The largest absolute Gasteiger partial charge is 0.312 e. The van der Waals surface area contributed by atoms with Gasteiger partial charge in [0.25, 0.3) is 0 Å². The lowest BCUT2D eigenvalue weighted by atomic mass is 9.95. The molecule has 0 spiro atoms. The van der Waals surface area contributed by atoms with E-state index in [9.17, 15) is 0 Å². The number of hydrogen-bond acceptors (Lipinski definition) is 3. The lowest BCUT2D eigenvalue weighted by Gasteiger charge is -2.23. The summed E-state index contributed by atoms with van der Waals surface area (Å²) in [5.41, 5.74) is 1.90. The maximum Gasteiger partial charge on any atom is 0.163 e. The third-order valence-corrected chi connectivity index (χ3v) is 3.95. The van der Waals surface area contributed by atoms with Gasteiger partial charge in [-0.15, -0.1) is 0 Å². The van der Waals surface area contributed by atoms with Crippen molar-refractivity contribution in [2.75, 3.05) is 0 Å². The smallest absolute Gasteiger partial charge is 0.163 e. The van der Waals surface area contributed by atoms with E-state index < -0.39 is 0 Å². The van der Waals surface area contributed by atoms with E-state index in [2.05, 4.69) is 35.3 Å². The Bertz CT molecular complexity index is 573. The van der Waals surface area contributed by atoms with E-state index in [-0.39, 0.29) is 5.41 Å². The first-order valence-electron chi connectivity index (χ1n) is 7.26. The topological polar surface area (TPSA) is 43.6 Å². The van der Waals surface area contributed by atoms with Gasteiger partial charge in [0.1, 0.15) is 11.3 Å². The molecule has 0 bridgehead atoms. The average Bonchev–Trinajstić information content (AvgIpc) is 2.81. The van der Waals surface area contributed by atoms with Gasteiger partial charge in [-0.2, -0.15) is 0 Å². The van der Waals surface area contributed by atoms with Gasteiger partial charge in [-0.3, -0.25) is 0 Å². The van der Waals surface area contributed by atoms with Crippen molar-refractivity contribution >= 4 is 11.2 Å². The Morgan fingerprint density at radius 1 is 1.11 bits per heavy atom. The number of hydrogen-bond donors (Lipinski definition) is 0. The summed E-state index contributed by atoms with van der Waals surface area (Å²) in [5, 5.41) is 0. The minimum absolute atomic E-state index is 0.0180. The molecule has 0 radical (unpaired) electrons. The van der Waals surface area contributed by atoms with Gasteiger partial charge in [0.15, 0.2) is 5.65 Å². The Labute approximate surface area is 114 Å². The van der Waals surface area contributed by atoms with Crippen molar-refractivity contribution in [1.29, 1.82) is 0 Å². The minimum Gasteiger partial charge on any atom is -0.312 e. The third-order valence-electron chi connectivity index (χ3n) is 3.95. The molecule has 102 valence electrons. The van der Waals surface area contributed by atoms with Gasteiger partial charge in [0.2, 0.25) is 0 Å². The molecule has 4 heteroatoms. The molecule has 2 aromatic rings. The van der Waals surface area contributed by atoms with Crippen LogP contribution in [0.25, 0.3) is 11.2 Å². The number of imidazole rings is 1. The molecule has 1 aliphatic rings. The molecule has 1 saturated carbocycles. The van der Waals surface area contributed by atoms with Gasteiger partial charge in [-0.05, 0) is 12.8 Å². The fourth-order valence-corrected chi connectivity index (χ4v) is 2.81. The summed E-state index contributed by atoms with van der Waals surface area (Å²) in [6, 6.07) is 0.571. The van der Waals surface area contributed by atoms with Crippen molar-refractivity contribution in [3.05, 3.63) is 18.3 Å². The zero-order valence-electron chi connectivity index (χ0n) is 12.1. The molecule has 0 aromatic carbocycles. The second-order valence-electron chi connectivity index (χ2n) is 6.60. The monoisotopic (exact) mass is 258 g/mol. The molecule has 4 nitrogen and oxygen atoms in total. The van der Waals surface area contributed by atoms with Crippen LogP contribution in [-0.4, -0.2) is 19.5 Å². The lowest BCUT2D eigenvalue weighted by molar-refractivity contribution is 0.358. The number of aromatic nitrogens is 4. The van der Waals surface area contributed by atoms with Gasteiger partial charge in [-0.1, -0.05) is 40.0 Å². The van der Waals surface area contributed by atoms with Crippen LogP contribution in [0.2, 0.25) is 0 Å². The standard InChI is InChI=1S/C15H22N4/c1-15(2,3)14-16-9-12-13(18-14)19(10-17-12)11-7-5-4-6-8-11/h9-11H,4-8H2,1-3H3. The van der Waals surface area contributed by atoms with Gasteiger partial charge >= 0.3 is 0 Å². The molecular weight excluding hydrogens is 236 g/mol. The molecular formula is C15H22N4. The van der Waals surface area contributed by atoms with Gasteiger partial charge in [0.05, 0.1) is 12.5 Å². The molecule has 1 aliphatic carbocycles. The lowest BCUT2D eigenvalue weighted by Crippen LogP contribution is -2.17. The maximum atomic E-state index is 4.77. The van der Waals surface area contributed by atoms with Crippen LogP contribution in [0, 0.1) is 0 Å². The normalized spacial score (nSPS) is 18.1. The van der Waals surface area contributed by atoms with E-state index in [4.69, 9.17) is 4.98 Å². The Balaban J connectivity index is 2.05. The van der Waals surface area contributed by atoms with E-state index in [1.807, 2.05) is 12.5 Å². The summed E-state index contributed by atoms with van der Waals surface area (Å²) < 4.78 is 2.27. The van der Waals surface area contributed by atoms with Gasteiger partial charge in [-0.25, -0.2) is 15.0 Å². The Hall–Kier alpha value is -1.45. The predicted molar refractivity (Wildman–Crippen MR) is 76.1 cm³/mol. The van der Waals surface area contributed by atoms with Crippen LogP contribution in [0.5, 0.6) is 0 Å². The first-order chi connectivity index (χ1) is 9.05. The van der Waals surface area contributed by atoms with E-state index in [1.54, 1.807) is 0 Å². The van der Waals surface area contributed by atoms with E-state index in [1.165, 1.54) is 32.1 Å². The SMILES string of the molecule is CC(C)(C)c1ncc2ncn(C3CCCCC3)c2n1. The van der Waals surface area contributed by atoms with Crippen molar-refractivity contribution in [3.8, 4) is 0 Å². The summed E-state index contributed by atoms with van der Waals surface area (Å²) in [6.07, 6.45) is 10.3. The Morgan fingerprint density at radius 3 is 2.53 bits per heavy atom. The molecule has 1 fully saturated rings. The molecule has 19 heavy (non-hydrogen) atoms. The first kappa shape index (κ1) is 12.6. The highest BCUT2D eigenvalue weighted by atomic mass is 15.1. The first-order valence-corrected chi connectivity index (χ1v) is 7.26. The highest BCUT2D eigenvalue weighted by Crippen LogP contribution is 2.30. The van der Waals surface area contributed by atoms with E-state index in [0.717, 1.165) is 17.0 Å². The minimum atomic E-state index is -0.0180. The van der Waals surface area contributed by atoms with Crippen molar-refractivity contribution in [2.24, 2.45) is 0 Å². The predicted octanol–water partition coefficient (Wildman–Crippen LogP) is 3.63. The molecule has 0 saturated heterocycles. The fraction of sp³-hybridized carbons (Fsp3) is 0.667. The van der Waals surface area contributed by atoms with Crippen LogP contribution in [0.15, 0.2) is 12.5 Å². The van der Waals surface area contributed by atoms with E-state index >= 15 is 0 Å². The molecule has 2 heterocycles. The summed E-state index contributed by atoms with van der Waals surface area (Å²) >= 11 is 0. The average molecular weight is 258 g/mol. The van der Waals surface area contributed by atoms with Gasteiger partial charge < -0.3 is 4.57 Å². The van der Waals surface area contributed by atoms with Crippen LogP contribution in [-0.2, 0) is 5.41 Å². The highest BCUT2D eigenvalue weighted by molar-refractivity contribution is 5.69. The number of nitrogens with zero attached hydrogens (tertiary/aromatic N) is 4. The zero-order valence-corrected chi connectivity index (χ0v) is 12.1. The third kappa shape index (κ3) is 2.36. The van der Waals surface area contributed by atoms with Crippen LogP contribution in [0.1, 0.15) is 64.7 Å². The number of rotatable bonds is 1. The van der Waals surface area contributed by atoms with E-state index in [0.29, 0.717) is 6.04 Å². The molecule has 0 amide bonds. The molecule has 0 N–H and O–H groups in total. The fourth-order valence-electron chi connectivity index (χ4n) is 2.81. The van der Waals surface area contributed by atoms with Gasteiger partial charge in [0, 0.05) is 11.5 Å². The highest BCUT2D eigenvalue weighted by Gasteiger charge is 2.21. The molecule has 3 rings (SSSR count). The second-order valence-corrected chi connectivity index (χ2v) is 6.60. The van der Waals surface area contributed by atoms with Crippen LogP contribution in [0.4, 0.5) is 0 Å². The molecule has 2 aromatic heterocycles. The second kappa shape index (κ2) is 4.58. The summed E-state index contributed by atoms with van der Waals surface area (Å²) in [6.45, 7) is 6.44. The zero-order chi connectivity index (χ0) is 13.5. The molecule has 0 aliphatic heterocycles. The summed E-state index contributed by atoms with van der Waals surface area (Å²) in [4.78, 5) is 13.7. The van der Waals surface area contributed by atoms with Crippen molar-refractivity contribution < 1.29 is 0 Å². The summed E-state index contributed by atoms with van der Waals surface area (Å²) in [5.74, 6) is 0.901. The Morgan fingerprint density at radius 2 is 1.84 bits per heavy atom. The van der Waals surface area contributed by atoms with Crippen LogP contribution in [0.3, 0.4) is 0 Å². The van der Waals surface area contributed by atoms with Crippen molar-refractivity contribution in [3.63, 3.8) is 0 Å². The quantitative estimate of drug-likeness (QED) is 0.784. The van der Waals surface area contributed by atoms with Crippen LogP contribution >= 0.6 is 0 Å². The number of fused-ring (bicyclic) bond motifs is 1. The summed E-state index contributed by atoms with van der Waals surface area (Å²) in [7, 11) is 0. The van der Waals surface area contributed by atoms with Crippen LogP contribution < -0.4 is 0 Å². The maximum absolute atomic E-state index is 4.77. The molecule has 0 atom stereocenters. The van der Waals surface area contributed by atoms with Crippen molar-refractivity contribution in [2.45, 2.75) is 64.3 Å². The van der Waals surface area contributed by atoms with Crippen molar-refractivity contribution in [1.82, 2.24) is 19.5 Å². The Kier molecular flexibility index (Phi) is 3.03. The molecule has 0 unspecified atom stereocenters.